The molecule has 0 radical (unpaired) electrons. The highest BCUT2D eigenvalue weighted by Gasteiger charge is 2.06. The second kappa shape index (κ2) is 4.57. The molecule has 1 heterocycles. The molecule has 0 atom stereocenters. The van der Waals surface area contributed by atoms with Crippen LogP contribution in [-0.4, -0.2) is 41.4 Å². The van der Waals surface area contributed by atoms with E-state index in [0.717, 1.165) is 0 Å². The zero-order chi connectivity index (χ0) is 10.6. The van der Waals surface area contributed by atoms with Crippen LogP contribution < -0.4 is 4.90 Å². The van der Waals surface area contributed by atoms with Gasteiger partial charge in [0.2, 0.25) is 0 Å². The second-order valence-corrected chi connectivity index (χ2v) is 2.85. The highest BCUT2D eigenvalue weighted by Crippen LogP contribution is 2.10. The van der Waals surface area contributed by atoms with E-state index in [9.17, 15) is 4.79 Å². The van der Waals surface area contributed by atoms with Gasteiger partial charge in [0.25, 0.3) is 0 Å². The van der Waals surface area contributed by atoms with Gasteiger partial charge in [-0.25, -0.2) is 9.78 Å². The van der Waals surface area contributed by atoms with Crippen LogP contribution in [0.2, 0.25) is 0 Å². The SMILES string of the molecule is CN(CCO)c1cc(C(=O)O)ccn1. The summed E-state index contributed by atoms with van der Waals surface area (Å²) in [5, 5.41) is 17.4. The van der Waals surface area contributed by atoms with Crippen LogP contribution in [0.3, 0.4) is 0 Å². The fraction of sp³-hybridized carbons (Fsp3) is 0.333. The minimum absolute atomic E-state index is 0.00940. The molecule has 0 spiro atoms. The van der Waals surface area contributed by atoms with Gasteiger partial charge in [0.15, 0.2) is 0 Å². The maximum atomic E-state index is 10.6. The quantitative estimate of drug-likeness (QED) is 0.720. The van der Waals surface area contributed by atoms with Gasteiger partial charge in [-0.2, -0.15) is 0 Å². The van der Waals surface area contributed by atoms with Gasteiger partial charge in [0.05, 0.1) is 12.2 Å². The molecule has 0 saturated heterocycles. The first kappa shape index (κ1) is 10.5. The summed E-state index contributed by atoms with van der Waals surface area (Å²) in [7, 11) is 1.74. The number of aliphatic hydroxyl groups is 1. The van der Waals surface area contributed by atoms with Crippen molar-refractivity contribution in [3.05, 3.63) is 23.9 Å². The Kier molecular flexibility index (Phi) is 3.41. The lowest BCUT2D eigenvalue weighted by molar-refractivity contribution is 0.0697. The summed E-state index contributed by atoms with van der Waals surface area (Å²) in [4.78, 5) is 16.3. The van der Waals surface area contributed by atoms with Gasteiger partial charge in [-0.3, -0.25) is 0 Å². The predicted molar refractivity (Wildman–Crippen MR) is 51.6 cm³/mol. The zero-order valence-electron chi connectivity index (χ0n) is 7.84. The van der Waals surface area contributed by atoms with Gasteiger partial charge in [-0.1, -0.05) is 0 Å². The van der Waals surface area contributed by atoms with Crippen molar-refractivity contribution in [1.82, 2.24) is 4.98 Å². The number of aliphatic hydroxyl groups excluding tert-OH is 1. The zero-order valence-corrected chi connectivity index (χ0v) is 7.84. The van der Waals surface area contributed by atoms with Crippen LogP contribution in [-0.2, 0) is 0 Å². The van der Waals surface area contributed by atoms with Gasteiger partial charge in [-0.15, -0.1) is 0 Å². The molecule has 1 aromatic rings. The summed E-state index contributed by atoms with van der Waals surface area (Å²) in [6.07, 6.45) is 1.44. The Labute approximate surface area is 81.6 Å². The summed E-state index contributed by atoms with van der Waals surface area (Å²) in [5.74, 6) is -0.440. The Balaban J connectivity index is 2.87. The fourth-order valence-electron chi connectivity index (χ4n) is 1.02. The molecule has 0 fully saturated rings. The topological polar surface area (TPSA) is 73.7 Å². The van der Waals surface area contributed by atoms with Crippen LogP contribution >= 0.6 is 0 Å². The smallest absolute Gasteiger partial charge is 0.335 e. The maximum Gasteiger partial charge on any atom is 0.335 e. The minimum Gasteiger partial charge on any atom is -0.478 e. The molecule has 14 heavy (non-hydrogen) atoms. The molecule has 76 valence electrons. The largest absolute Gasteiger partial charge is 0.478 e. The lowest BCUT2D eigenvalue weighted by Crippen LogP contribution is -2.22. The molecule has 0 aliphatic rings. The standard InChI is InChI=1S/C9H12N2O3/c1-11(4-5-12)8-6-7(9(13)14)2-3-10-8/h2-3,6,12H,4-5H2,1H3,(H,13,14). The van der Waals surface area contributed by atoms with E-state index >= 15 is 0 Å². The molecule has 0 bridgehead atoms. The van der Waals surface area contributed by atoms with Crippen molar-refractivity contribution >= 4 is 11.8 Å². The van der Waals surface area contributed by atoms with Crippen molar-refractivity contribution in [1.29, 1.82) is 0 Å². The summed E-state index contributed by atoms with van der Waals surface area (Å²) < 4.78 is 0. The van der Waals surface area contributed by atoms with Gasteiger partial charge in [0.1, 0.15) is 5.82 Å². The fourth-order valence-corrected chi connectivity index (χ4v) is 1.02. The summed E-state index contributed by atoms with van der Waals surface area (Å²) in [6, 6.07) is 2.90. The first-order valence-electron chi connectivity index (χ1n) is 4.16. The Bertz CT molecular complexity index is 328. The lowest BCUT2D eigenvalue weighted by Gasteiger charge is -2.16. The minimum atomic E-state index is -0.981. The summed E-state index contributed by atoms with van der Waals surface area (Å²) >= 11 is 0. The highest BCUT2D eigenvalue weighted by atomic mass is 16.4. The van der Waals surface area contributed by atoms with E-state index in [1.165, 1.54) is 18.3 Å². The van der Waals surface area contributed by atoms with Crippen LogP contribution in [0, 0.1) is 0 Å². The predicted octanol–water partition coefficient (Wildman–Crippen LogP) is 0.208. The van der Waals surface area contributed by atoms with E-state index in [1.807, 2.05) is 0 Å². The first-order chi connectivity index (χ1) is 6.65. The third-order valence-electron chi connectivity index (χ3n) is 1.82. The molecule has 2 N–H and O–H groups in total. The molecule has 0 aliphatic carbocycles. The van der Waals surface area contributed by atoms with Gasteiger partial charge >= 0.3 is 5.97 Å². The van der Waals surface area contributed by atoms with Crippen molar-refractivity contribution in [2.45, 2.75) is 0 Å². The molecule has 0 saturated carbocycles. The lowest BCUT2D eigenvalue weighted by atomic mass is 10.2. The number of hydrogen-bond acceptors (Lipinski definition) is 4. The molecule has 5 heteroatoms. The van der Waals surface area contributed by atoms with E-state index in [1.54, 1.807) is 11.9 Å². The van der Waals surface area contributed by atoms with Crippen molar-refractivity contribution in [3.8, 4) is 0 Å². The summed E-state index contributed by atoms with van der Waals surface area (Å²) in [5.41, 5.74) is 0.194. The van der Waals surface area contributed by atoms with Gasteiger partial charge in [0, 0.05) is 19.8 Å². The third-order valence-corrected chi connectivity index (χ3v) is 1.82. The van der Waals surface area contributed by atoms with Crippen LogP contribution in [0.4, 0.5) is 5.82 Å². The number of nitrogens with zero attached hydrogens (tertiary/aromatic N) is 2. The number of pyridine rings is 1. The number of aromatic nitrogens is 1. The molecular weight excluding hydrogens is 184 g/mol. The normalized spacial score (nSPS) is 9.86. The number of aromatic carboxylic acids is 1. The monoisotopic (exact) mass is 196 g/mol. The third kappa shape index (κ3) is 2.43. The number of hydrogen-bond donors (Lipinski definition) is 2. The van der Waals surface area contributed by atoms with Crippen LogP contribution in [0.5, 0.6) is 0 Å². The number of anilines is 1. The second-order valence-electron chi connectivity index (χ2n) is 2.85. The summed E-state index contributed by atoms with van der Waals surface area (Å²) in [6.45, 7) is 0.436. The van der Waals surface area contributed by atoms with Gasteiger partial charge in [-0.05, 0) is 12.1 Å². The van der Waals surface area contributed by atoms with E-state index in [0.29, 0.717) is 12.4 Å². The molecule has 0 aromatic carbocycles. The Morgan fingerprint density at radius 1 is 1.64 bits per heavy atom. The van der Waals surface area contributed by atoms with Crippen LogP contribution in [0.1, 0.15) is 10.4 Å². The Hall–Kier alpha value is -1.62. The molecule has 1 aromatic heterocycles. The van der Waals surface area contributed by atoms with Crippen LogP contribution in [0.25, 0.3) is 0 Å². The number of rotatable bonds is 4. The molecular formula is C9H12N2O3. The number of likely N-dealkylation sites (N-methyl/N-ethyl adjacent to an activating group) is 1. The highest BCUT2D eigenvalue weighted by molar-refractivity contribution is 5.88. The van der Waals surface area contributed by atoms with E-state index in [-0.39, 0.29) is 12.2 Å². The Morgan fingerprint density at radius 3 is 2.93 bits per heavy atom. The molecule has 0 amide bonds. The van der Waals surface area contributed by atoms with Crippen molar-refractivity contribution in [2.75, 3.05) is 25.1 Å². The van der Waals surface area contributed by atoms with E-state index < -0.39 is 5.97 Å². The molecule has 0 unspecified atom stereocenters. The Morgan fingerprint density at radius 2 is 2.36 bits per heavy atom. The van der Waals surface area contributed by atoms with E-state index in [4.69, 9.17) is 10.2 Å². The first-order valence-corrected chi connectivity index (χ1v) is 4.16. The van der Waals surface area contributed by atoms with Gasteiger partial charge < -0.3 is 15.1 Å². The molecule has 5 nitrogen and oxygen atoms in total. The average Bonchev–Trinajstić information content (AvgIpc) is 2.18. The number of carboxylic acid groups (broad SMARTS) is 1. The van der Waals surface area contributed by atoms with E-state index in [2.05, 4.69) is 4.98 Å². The van der Waals surface area contributed by atoms with Crippen molar-refractivity contribution < 1.29 is 15.0 Å². The average molecular weight is 196 g/mol. The maximum absolute atomic E-state index is 10.6. The number of carbonyl (C=O) groups is 1. The van der Waals surface area contributed by atoms with Crippen molar-refractivity contribution in [2.24, 2.45) is 0 Å². The van der Waals surface area contributed by atoms with Crippen molar-refractivity contribution in [3.63, 3.8) is 0 Å². The van der Waals surface area contributed by atoms with Crippen LogP contribution in [0.15, 0.2) is 18.3 Å². The molecule has 0 aliphatic heterocycles. The number of carboxylic acids is 1. The molecule has 1 rings (SSSR count).